The van der Waals surface area contributed by atoms with Crippen molar-refractivity contribution in [3.05, 3.63) is 59.7 Å². The molecule has 0 fully saturated rings. The van der Waals surface area contributed by atoms with Crippen molar-refractivity contribution in [2.75, 3.05) is 16.8 Å². The Morgan fingerprint density at radius 1 is 1.16 bits per heavy atom. The van der Waals surface area contributed by atoms with E-state index in [1.54, 1.807) is 0 Å². The lowest BCUT2D eigenvalue weighted by Gasteiger charge is -2.30. The minimum Gasteiger partial charge on any atom is -0.374 e. The van der Waals surface area contributed by atoms with Gasteiger partial charge in [-0.1, -0.05) is 36.4 Å². The minimum atomic E-state index is 0.111. The van der Waals surface area contributed by atoms with Gasteiger partial charge in [-0.3, -0.25) is 4.79 Å². The lowest BCUT2D eigenvalue weighted by atomic mass is 10.1. The molecule has 1 aliphatic rings. The lowest BCUT2D eigenvalue weighted by molar-refractivity contribution is -0.117. The summed E-state index contributed by atoms with van der Waals surface area (Å²) in [5.41, 5.74) is 4.34. The largest absolute Gasteiger partial charge is 0.374 e. The van der Waals surface area contributed by atoms with E-state index in [0.717, 1.165) is 16.9 Å². The maximum atomic E-state index is 12.1. The van der Waals surface area contributed by atoms with Crippen LogP contribution >= 0.6 is 0 Å². The maximum Gasteiger partial charge on any atom is 0.246 e. The monoisotopic (exact) mass is 252 g/mol. The Morgan fingerprint density at radius 3 is 2.74 bits per heavy atom. The van der Waals surface area contributed by atoms with Crippen molar-refractivity contribution >= 4 is 17.3 Å². The van der Waals surface area contributed by atoms with Gasteiger partial charge in [-0.2, -0.15) is 0 Å². The highest BCUT2D eigenvalue weighted by Gasteiger charge is 2.23. The van der Waals surface area contributed by atoms with Crippen molar-refractivity contribution in [1.82, 2.24) is 0 Å². The average molecular weight is 252 g/mol. The molecule has 96 valence electrons. The standard InChI is InChI=1S/C16H16N2O/c1-12-7-8-15-14(9-12)17-10-16(19)18(15)11-13-5-3-2-4-6-13/h2-9,17H,10-11H2,1H3. The molecule has 0 bridgehead atoms. The zero-order chi connectivity index (χ0) is 13.2. The van der Waals surface area contributed by atoms with Crippen LogP contribution in [0.1, 0.15) is 11.1 Å². The molecule has 3 heteroatoms. The highest BCUT2D eigenvalue weighted by Crippen LogP contribution is 2.31. The number of aryl methyl sites for hydroxylation is 1. The van der Waals surface area contributed by atoms with E-state index in [1.165, 1.54) is 5.56 Å². The number of carbonyl (C=O) groups excluding carboxylic acids is 1. The first-order chi connectivity index (χ1) is 9.24. The molecule has 2 aromatic rings. The van der Waals surface area contributed by atoms with Crippen molar-refractivity contribution in [2.24, 2.45) is 0 Å². The Labute approximate surface area is 112 Å². The van der Waals surface area contributed by atoms with E-state index in [0.29, 0.717) is 13.1 Å². The van der Waals surface area contributed by atoms with Gasteiger partial charge in [0.25, 0.3) is 0 Å². The molecular formula is C16H16N2O. The molecule has 3 nitrogen and oxygen atoms in total. The van der Waals surface area contributed by atoms with Crippen LogP contribution in [-0.2, 0) is 11.3 Å². The number of amides is 1. The van der Waals surface area contributed by atoms with Crippen LogP contribution in [0.3, 0.4) is 0 Å². The second-order valence-electron chi connectivity index (χ2n) is 4.84. The van der Waals surface area contributed by atoms with Gasteiger partial charge in [0.1, 0.15) is 0 Å². The lowest BCUT2D eigenvalue weighted by Crippen LogP contribution is -2.39. The summed E-state index contributed by atoms with van der Waals surface area (Å²) in [5.74, 6) is 0.111. The fourth-order valence-corrected chi connectivity index (χ4v) is 2.37. The number of nitrogens with one attached hydrogen (secondary N) is 1. The average Bonchev–Trinajstić information content (AvgIpc) is 2.43. The molecule has 3 rings (SSSR count). The molecule has 0 saturated heterocycles. The van der Waals surface area contributed by atoms with Crippen LogP contribution in [0.2, 0.25) is 0 Å². The summed E-state index contributed by atoms with van der Waals surface area (Å²) in [6.45, 7) is 3.04. The molecule has 1 aliphatic heterocycles. The number of fused-ring (bicyclic) bond motifs is 1. The molecule has 0 unspecified atom stereocenters. The fourth-order valence-electron chi connectivity index (χ4n) is 2.37. The highest BCUT2D eigenvalue weighted by molar-refractivity contribution is 6.02. The summed E-state index contributed by atoms with van der Waals surface area (Å²) in [6.07, 6.45) is 0. The predicted molar refractivity (Wildman–Crippen MR) is 77.3 cm³/mol. The number of benzene rings is 2. The Hall–Kier alpha value is -2.29. The van der Waals surface area contributed by atoms with Gasteiger partial charge in [0, 0.05) is 0 Å². The number of hydrogen-bond donors (Lipinski definition) is 1. The van der Waals surface area contributed by atoms with Crippen molar-refractivity contribution in [1.29, 1.82) is 0 Å². The third kappa shape index (κ3) is 2.32. The molecule has 1 heterocycles. The maximum absolute atomic E-state index is 12.1. The van der Waals surface area contributed by atoms with Crippen molar-refractivity contribution in [3.8, 4) is 0 Å². The topological polar surface area (TPSA) is 32.3 Å². The SMILES string of the molecule is Cc1ccc2c(c1)NCC(=O)N2Cc1ccccc1. The van der Waals surface area contributed by atoms with Gasteiger partial charge in [0.2, 0.25) is 5.91 Å². The van der Waals surface area contributed by atoms with Crippen LogP contribution in [0.4, 0.5) is 11.4 Å². The van der Waals surface area contributed by atoms with E-state index >= 15 is 0 Å². The quantitative estimate of drug-likeness (QED) is 0.891. The Kier molecular flexibility index (Phi) is 2.95. The van der Waals surface area contributed by atoms with Crippen LogP contribution in [0.5, 0.6) is 0 Å². The van der Waals surface area contributed by atoms with E-state index < -0.39 is 0 Å². The third-order valence-electron chi connectivity index (χ3n) is 3.36. The summed E-state index contributed by atoms with van der Waals surface area (Å²) in [4.78, 5) is 14.0. The first-order valence-corrected chi connectivity index (χ1v) is 6.43. The van der Waals surface area contributed by atoms with Gasteiger partial charge < -0.3 is 10.2 Å². The van der Waals surface area contributed by atoms with Crippen molar-refractivity contribution in [2.45, 2.75) is 13.5 Å². The van der Waals surface area contributed by atoms with Gasteiger partial charge in [-0.25, -0.2) is 0 Å². The highest BCUT2D eigenvalue weighted by atomic mass is 16.2. The second kappa shape index (κ2) is 4.76. The molecule has 1 amide bonds. The zero-order valence-corrected chi connectivity index (χ0v) is 10.9. The van der Waals surface area contributed by atoms with Gasteiger partial charge in [-0.05, 0) is 30.2 Å². The van der Waals surface area contributed by atoms with Crippen LogP contribution in [0, 0.1) is 6.92 Å². The third-order valence-corrected chi connectivity index (χ3v) is 3.36. The molecular weight excluding hydrogens is 236 g/mol. The minimum absolute atomic E-state index is 0.111. The summed E-state index contributed by atoms with van der Waals surface area (Å²) in [7, 11) is 0. The molecule has 0 aliphatic carbocycles. The number of rotatable bonds is 2. The molecule has 0 atom stereocenters. The zero-order valence-electron chi connectivity index (χ0n) is 10.9. The fraction of sp³-hybridized carbons (Fsp3) is 0.188. The summed E-state index contributed by atoms with van der Waals surface area (Å²) >= 11 is 0. The Morgan fingerprint density at radius 2 is 1.95 bits per heavy atom. The van der Waals surface area contributed by atoms with Crippen molar-refractivity contribution in [3.63, 3.8) is 0 Å². The number of anilines is 2. The first-order valence-electron chi connectivity index (χ1n) is 6.43. The van der Waals surface area contributed by atoms with Crippen LogP contribution in [0.25, 0.3) is 0 Å². The first kappa shape index (κ1) is 11.8. The van der Waals surface area contributed by atoms with E-state index in [1.807, 2.05) is 47.4 Å². The molecule has 0 aromatic heterocycles. The normalized spacial score (nSPS) is 13.9. The smallest absolute Gasteiger partial charge is 0.246 e. The van der Waals surface area contributed by atoms with Gasteiger partial charge in [0.05, 0.1) is 24.5 Å². The number of nitrogens with zero attached hydrogens (tertiary/aromatic N) is 1. The van der Waals surface area contributed by atoms with Crippen LogP contribution < -0.4 is 10.2 Å². The van der Waals surface area contributed by atoms with Crippen LogP contribution in [-0.4, -0.2) is 12.5 Å². The molecule has 0 radical (unpaired) electrons. The summed E-state index contributed by atoms with van der Waals surface area (Å²) in [6, 6.07) is 16.2. The van der Waals surface area contributed by atoms with Gasteiger partial charge in [-0.15, -0.1) is 0 Å². The van der Waals surface area contributed by atoms with E-state index in [2.05, 4.69) is 18.3 Å². The molecule has 1 N–H and O–H groups in total. The van der Waals surface area contributed by atoms with E-state index in [4.69, 9.17) is 0 Å². The van der Waals surface area contributed by atoms with E-state index in [-0.39, 0.29) is 5.91 Å². The second-order valence-corrected chi connectivity index (χ2v) is 4.84. The van der Waals surface area contributed by atoms with Gasteiger partial charge in [0.15, 0.2) is 0 Å². The Balaban J connectivity index is 1.95. The summed E-state index contributed by atoms with van der Waals surface area (Å²) in [5, 5.41) is 3.18. The number of carbonyl (C=O) groups is 1. The molecule has 0 spiro atoms. The van der Waals surface area contributed by atoms with Crippen molar-refractivity contribution < 1.29 is 4.79 Å². The molecule has 2 aromatic carbocycles. The van der Waals surface area contributed by atoms with Crippen LogP contribution in [0.15, 0.2) is 48.5 Å². The van der Waals surface area contributed by atoms with E-state index in [9.17, 15) is 4.79 Å². The predicted octanol–water partition coefficient (Wildman–Crippen LogP) is 2.95. The van der Waals surface area contributed by atoms with Gasteiger partial charge >= 0.3 is 0 Å². The number of hydrogen-bond acceptors (Lipinski definition) is 2. The summed E-state index contributed by atoms with van der Waals surface area (Å²) < 4.78 is 0. The molecule has 19 heavy (non-hydrogen) atoms. The Bertz CT molecular complexity index is 607. The molecule has 0 saturated carbocycles.